The molecule has 1 saturated heterocycles. The summed E-state index contributed by atoms with van der Waals surface area (Å²) in [6.07, 6.45) is 1.34. The molecule has 26 heavy (non-hydrogen) atoms. The molecule has 0 N–H and O–H groups in total. The van der Waals surface area contributed by atoms with Crippen LogP contribution in [0.1, 0.15) is 24.0 Å². The van der Waals surface area contributed by atoms with Gasteiger partial charge >= 0.3 is 0 Å². The van der Waals surface area contributed by atoms with Crippen molar-refractivity contribution in [3.63, 3.8) is 0 Å². The van der Waals surface area contributed by atoms with Crippen molar-refractivity contribution in [1.29, 1.82) is 0 Å². The number of benzene rings is 2. The molecule has 3 rings (SSSR count). The fraction of sp³-hybridized carbons (Fsp3) is 0.333. The molecule has 0 aliphatic carbocycles. The van der Waals surface area contributed by atoms with Crippen LogP contribution >= 0.6 is 11.8 Å². The lowest BCUT2D eigenvalue weighted by Crippen LogP contribution is -2.39. The molecule has 0 aromatic heterocycles. The number of aryl methyl sites for hydroxylation is 2. The van der Waals surface area contributed by atoms with Gasteiger partial charge in [0.1, 0.15) is 5.75 Å². The Labute approximate surface area is 159 Å². The van der Waals surface area contributed by atoms with Crippen LogP contribution in [0.4, 0.5) is 5.69 Å². The highest BCUT2D eigenvalue weighted by molar-refractivity contribution is 8.13. The number of hydrogen-bond acceptors (Lipinski definition) is 4. The Kier molecular flexibility index (Phi) is 6.34. The Morgan fingerprint density at radius 2 is 2.00 bits per heavy atom. The highest BCUT2D eigenvalue weighted by atomic mass is 32.2. The van der Waals surface area contributed by atoms with Gasteiger partial charge in [0.05, 0.1) is 18.7 Å². The monoisotopic (exact) mass is 368 g/mol. The minimum atomic E-state index is 0.0668. The van der Waals surface area contributed by atoms with Crippen molar-refractivity contribution < 1.29 is 9.53 Å². The van der Waals surface area contributed by atoms with E-state index >= 15 is 0 Å². The maximum Gasteiger partial charge on any atom is 0.231 e. The van der Waals surface area contributed by atoms with Gasteiger partial charge < -0.3 is 4.74 Å². The van der Waals surface area contributed by atoms with Gasteiger partial charge in [-0.05, 0) is 49.6 Å². The van der Waals surface area contributed by atoms with E-state index in [0.29, 0.717) is 13.0 Å². The number of hydrogen-bond donors (Lipinski definition) is 0. The maximum atomic E-state index is 12.7. The van der Waals surface area contributed by atoms with Gasteiger partial charge in [0.2, 0.25) is 5.91 Å². The smallest absolute Gasteiger partial charge is 0.231 e. The number of nitrogens with zero attached hydrogens (tertiary/aromatic N) is 2. The first kappa shape index (κ1) is 18.5. The maximum absolute atomic E-state index is 12.7. The second-order valence-corrected chi connectivity index (χ2v) is 7.41. The molecular weight excluding hydrogens is 344 g/mol. The lowest BCUT2D eigenvalue weighted by Gasteiger charge is -2.27. The molecule has 2 aromatic rings. The number of thioether (sulfide) groups is 1. The summed E-state index contributed by atoms with van der Waals surface area (Å²) in [6.45, 7) is 5.15. The fourth-order valence-electron chi connectivity index (χ4n) is 2.74. The Hall–Kier alpha value is -2.27. The first-order valence-corrected chi connectivity index (χ1v) is 9.89. The van der Waals surface area contributed by atoms with Crippen LogP contribution < -0.4 is 4.74 Å². The molecule has 4 nitrogen and oxygen atoms in total. The normalized spacial score (nSPS) is 15.9. The number of aliphatic imine (C=N–C) groups is 1. The second-order valence-electron chi connectivity index (χ2n) is 6.34. The van der Waals surface area contributed by atoms with Gasteiger partial charge in [0.25, 0.3) is 0 Å². The average Bonchev–Trinajstić information content (AvgIpc) is 2.66. The Morgan fingerprint density at radius 3 is 2.81 bits per heavy atom. The van der Waals surface area contributed by atoms with Gasteiger partial charge in [0, 0.05) is 12.3 Å². The van der Waals surface area contributed by atoms with Crippen LogP contribution in [0.5, 0.6) is 5.75 Å². The fourth-order valence-corrected chi connectivity index (χ4v) is 3.72. The predicted octanol–water partition coefficient (Wildman–Crippen LogP) is 4.73. The molecule has 2 aromatic carbocycles. The standard InChI is InChI=1S/C21H24N2O2S/c1-16-9-10-17(2)19(15-16)25-13-11-20(24)23-12-6-14-26-21(23)22-18-7-4-3-5-8-18/h3-5,7-10,15H,6,11-14H2,1-2H3. The van der Waals surface area contributed by atoms with Gasteiger partial charge in [0.15, 0.2) is 5.17 Å². The quantitative estimate of drug-likeness (QED) is 0.766. The first-order valence-electron chi connectivity index (χ1n) is 8.90. The summed E-state index contributed by atoms with van der Waals surface area (Å²) in [5.41, 5.74) is 3.12. The summed E-state index contributed by atoms with van der Waals surface area (Å²) in [7, 11) is 0. The molecule has 1 aliphatic rings. The van der Waals surface area contributed by atoms with E-state index in [1.54, 1.807) is 16.7 Å². The van der Waals surface area contributed by atoms with Crippen LogP contribution in [-0.4, -0.2) is 34.9 Å². The third kappa shape index (κ3) is 4.88. The van der Waals surface area contributed by atoms with Crippen molar-refractivity contribution in [1.82, 2.24) is 4.90 Å². The van der Waals surface area contributed by atoms with Crippen LogP contribution in [0.15, 0.2) is 53.5 Å². The molecule has 1 fully saturated rings. The number of amides is 1. The third-order valence-corrected chi connectivity index (χ3v) is 5.25. The summed E-state index contributed by atoms with van der Waals surface area (Å²) in [5, 5.41) is 0.791. The molecule has 0 unspecified atom stereocenters. The lowest BCUT2D eigenvalue weighted by atomic mass is 10.1. The van der Waals surface area contributed by atoms with Crippen LogP contribution in [0.25, 0.3) is 0 Å². The molecule has 0 bridgehead atoms. The second kappa shape index (κ2) is 8.90. The van der Waals surface area contributed by atoms with E-state index in [1.165, 1.54) is 0 Å². The van der Waals surface area contributed by atoms with E-state index in [0.717, 1.165) is 46.4 Å². The molecule has 0 radical (unpaired) electrons. The largest absolute Gasteiger partial charge is 0.493 e. The minimum absolute atomic E-state index is 0.0668. The number of para-hydroxylation sites is 1. The van der Waals surface area contributed by atoms with E-state index in [4.69, 9.17) is 4.74 Å². The van der Waals surface area contributed by atoms with Crippen molar-refractivity contribution in [3.8, 4) is 5.75 Å². The van der Waals surface area contributed by atoms with Gasteiger partial charge in [-0.25, -0.2) is 4.99 Å². The van der Waals surface area contributed by atoms with Crippen molar-refractivity contribution in [2.75, 3.05) is 18.9 Å². The zero-order valence-corrected chi connectivity index (χ0v) is 16.1. The molecule has 0 saturated carbocycles. The van der Waals surface area contributed by atoms with E-state index in [2.05, 4.69) is 11.1 Å². The van der Waals surface area contributed by atoms with E-state index in [-0.39, 0.29) is 5.91 Å². The molecule has 1 aliphatic heterocycles. The minimum Gasteiger partial charge on any atom is -0.493 e. The van der Waals surface area contributed by atoms with Gasteiger partial charge in [-0.2, -0.15) is 0 Å². The third-order valence-electron chi connectivity index (χ3n) is 4.19. The molecule has 5 heteroatoms. The molecule has 136 valence electrons. The molecule has 1 heterocycles. The van der Waals surface area contributed by atoms with E-state index < -0.39 is 0 Å². The average molecular weight is 369 g/mol. The summed E-state index contributed by atoms with van der Waals surface area (Å²) in [5.74, 6) is 1.91. The van der Waals surface area contributed by atoms with E-state index in [1.807, 2.05) is 56.3 Å². The lowest BCUT2D eigenvalue weighted by molar-refractivity contribution is -0.127. The van der Waals surface area contributed by atoms with Gasteiger partial charge in [-0.1, -0.05) is 42.1 Å². The SMILES string of the molecule is Cc1ccc(C)c(OCCC(=O)N2CCCSC2=Nc2ccccc2)c1. The van der Waals surface area contributed by atoms with Crippen molar-refractivity contribution in [2.45, 2.75) is 26.7 Å². The Bertz CT molecular complexity index is 790. The topological polar surface area (TPSA) is 41.9 Å². The van der Waals surface area contributed by atoms with Gasteiger partial charge in [-0.3, -0.25) is 9.69 Å². The predicted molar refractivity (Wildman–Crippen MR) is 108 cm³/mol. The zero-order chi connectivity index (χ0) is 18.4. The first-order chi connectivity index (χ1) is 12.6. The molecular formula is C21H24N2O2S. The Balaban J connectivity index is 1.62. The zero-order valence-electron chi connectivity index (χ0n) is 15.3. The van der Waals surface area contributed by atoms with Gasteiger partial charge in [-0.15, -0.1) is 0 Å². The van der Waals surface area contributed by atoms with Crippen LogP contribution in [0.2, 0.25) is 0 Å². The number of rotatable bonds is 5. The molecule has 1 amide bonds. The summed E-state index contributed by atoms with van der Waals surface area (Å²) in [6, 6.07) is 15.9. The summed E-state index contributed by atoms with van der Waals surface area (Å²) >= 11 is 1.64. The number of carbonyl (C=O) groups is 1. The number of ether oxygens (including phenoxy) is 1. The Morgan fingerprint density at radius 1 is 1.19 bits per heavy atom. The van der Waals surface area contributed by atoms with Crippen LogP contribution in [-0.2, 0) is 4.79 Å². The van der Waals surface area contributed by atoms with Crippen LogP contribution in [0.3, 0.4) is 0 Å². The van der Waals surface area contributed by atoms with Crippen LogP contribution in [0, 0.1) is 13.8 Å². The molecule has 0 atom stereocenters. The van der Waals surface area contributed by atoms with Crippen molar-refractivity contribution in [2.24, 2.45) is 4.99 Å². The summed E-state index contributed by atoms with van der Waals surface area (Å²) < 4.78 is 5.84. The van der Waals surface area contributed by atoms with Crippen molar-refractivity contribution in [3.05, 3.63) is 59.7 Å². The highest BCUT2D eigenvalue weighted by Crippen LogP contribution is 2.23. The number of carbonyl (C=O) groups excluding carboxylic acids is 1. The van der Waals surface area contributed by atoms with E-state index in [9.17, 15) is 4.79 Å². The summed E-state index contributed by atoms with van der Waals surface area (Å²) in [4.78, 5) is 19.1. The number of amidine groups is 1. The van der Waals surface area contributed by atoms with Crippen molar-refractivity contribution >= 4 is 28.5 Å². The highest BCUT2D eigenvalue weighted by Gasteiger charge is 2.23. The molecule has 0 spiro atoms.